The number of carbonyl (C=O) groups is 1. The largest absolute Gasteiger partial charge is 0.327 e. The second-order valence-corrected chi connectivity index (χ2v) is 5.81. The van der Waals surface area contributed by atoms with Gasteiger partial charge >= 0.3 is 6.03 Å². The zero-order valence-corrected chi connectivity index (χ0v) is 13.5. The fourth-order valence-corrected chi connectivity index (χ4v) is 3.41. The zero-order chi connectivity index (χ0) is 15.4. The lowest BCUT2D eigenvalue weighted by Crippen LogP contribution is -2.58. The number of urea groups is 1. The molecule has 1 aromatic rings. The van der Waals surface area contributed by atoms with Crippen LogP contribution in [-0.2, 0) is 6.42 Å². The maximum Gasteiger partial charge on any atom is 0.327 e. The number of nitrogens with zero attached hydrogens (tertiary/aromatic N) is 4. The van der Waals surface area contributed by atoms with E-state index in [1.807, 2.05) is 17.9 Å². The molecule has 0 spiro atoms. The second kappa shape index (κ2) is 6.87. The Kier molecular flexibility index (Phi) is 5.14. The fourth-order valence-electron chi connectivity index (χ4n) is 2.46. The van der Waals surface area contributed by atoms with Gasteiger partial charge in [0.1, 0.15) is 5.00 Å². The predicted molar refractivity (Wildman–Crippen MR) is 87.6 cm³/mol. The number of amides is 2. The monoisotopic (exact) mass is 306 g/mol. The van der Waals surface area contributed by atoms with E-state index in [0.717, 1.165) is 29.2 Å². The highest BCUT2D eigenvalue weighted by atomic mass is 32.1. The number of aromatic nitrogens is 1. The van der Waals surface area contributed by atoms with Crippen LogP contribution in [0, 0.1) is 6.92 Å². The smallest absolute Gasteiger partial charge is 0.308 e. The van der Waals surface area contributed by atoms with Gasteiger partial charge in [0.05, 0.1) is 19.0 Å². The summed E-state index contributed by atoms with van der Waals surface area (Å²) in [7, 11) is 0. The van der Waals surface area contributed by atoms with Gasteiger partial charge in [-0.25, -0.2) is 4.79 Å². The summed E-state index contributed by atoms with van der Waals surface area (Å²) in [6.45, 7) is 14.1. The molecule has 2 amide bonds. The van der Waals surface area contributed by atoms with E-state index < -0.39 is 0 Å². The Morgan fingerprint density at radius 3 is 2.57 bits per heavy atom. The molecule has 2 rings (SSSR count). The minimum Gasteiger partial charge on any atom is -0.308 e. The van der Waals surface area contributed by atoms with E-state index in [9.17, 15) is 4.79 Å². The topological polar surface area (TPSA) is 39.7 Å². The van der Waals surface area contributed by atoms with E-state index >= 15 is 0 Å². The van der Waals surface area contributed by atoms with Gasteiger partial charge < -0.3 is 4.90 Å². The van der Waals surface area contributed by atoms with Crippen molar-refractivity contribution in [1.82, 2.24) is 14.2 Å². The fraction of sp³-hybridized carbons (Fsp3) is 0.467. The van der Waals surface area contributed by atoms with E-state index in [-0.39, 0.29) is 6.03 Å². The highest BCUT2D eigenvalue weighted by molar-refractivity contribution is 7.10. The van der Waals surface area contributed by atoms with Crippen LogP contribution in [0.15, 0.2) is 25.3 Å². The molecule has 0 aromatic carbocycles. The molecule has 0 N–H and O–H groups in total. The lowest BCUT2D eigenvalue weighted by molar-refractivity contribution is 0.131. The normalized spacial score (nSPS) is 16.4. The molecule has 0 bridgehead atoms. The van der Waals surface area contributed by atoms with Crippen molar-refractivity contribution in [1.29, 1.82) is 0 Å². The molecule has 0 radical (unpaired) electrons. The van der Waals surface area contributed by atoms with E-state index in [2.05, 4.69) is 29.4 Å². The molecular formula is C15H22N4OS. The van der Waals surface area contributed by atoms with E-state index in [4.69, 9.17) is 0 Å². The maximum atomic E-state index is 12.6. The SMILES string of the molecule is C=CCN1CN(CC=C)C(=O)N(c2snc(CC)c2C)C1. The molecule has 0 atom stereocenters. The number of hydrogen-bond acceptors (Lipinski definition) is 4. The Hall–Kier alpha value is -1.66. The Bertz CT molecular complexity index is 540. The van der Waals surface area contributed by atoms with Gasteiger partial charge in [-0.3, -0.25) is 9.80 Å². The van der Waals surface area contributed by atoms with Crippen LogP contribution in [0.5, 0.6) is 0 Å². The predicted octanol–water partition coefficient (Wildman–Crippen LogP) is 2.84. The summed E-state index contributed by atoms with van der Waals surface area (Å²) in [5.41, 5.74) is 2.17. The molecule has 21 heavy (non-hydrogen) atoms. The standard InChI is InChI=1S/C15H22N4OS/c1-5-8-17-10-18(9-6-2)15(20)19(11-17)14-12(4)13(7-3)16-21-14/h5-6H,1-2,7-11H2,3-4H3. The van der Waals surface area contributed by atoms with E-state index in [1.165, 1.54) is 11.5 Å². The third-order valence-electron chi connectivity index (χ3n) is 3.53. The molecule has 0 unspecified atom stereocenters. The van der Waals surface area contributed by atoms with Crippen LogP contribution in [0.25, 0.3) is 0 Å². The van der Waals surface area contributed by atoms with Crippen molar-refractivity contribution in [3.8, 4) is 0 Å². The van der Waals surface area contributed by atoms with E-state index in [0.29, 0.717) is 19.9 Å². The second-order valence-electron chi connectivity index (χ2n) is 5.06. The molecule has 1 aromatic heterocycles. The first-order chi connectivity index (χ1) is 10.1. The molecule has 1 aliphatic rings. The third kappa shape index (κ3) is 3.16. The van der Waals surface area contributed by atoms with Crippen LogP contribution in [0.3, 0.4) is 0 Å². The summed E-state index contributed by atoms with van der Waals surface area (Å²) >= 11 is 1.40. The average Bonchev–Trinajstić information content (AvgIpc) is 2.83. The molecule has 0 saturated carbocycles. The molecule has 0 aliphatic carbocycles. The number of carbonyl (C=O) groups excluding carboxylic acids is 1. The van der Waals surface area contributed by atoms with E-state index in [1.54, 1.807) is 11.0 Å². The Balaban J connectivity index is 2.29. The summed E-state index contributed by atoms with van der Waals surface area (Å²) in [5.74, 6) is 0. The van der Waals surface area contributed by atoms with Gasteiger partial charge in [-0.05, 0) is 24.9 Å². The van der Waals surface area contributed by atoms with Crippen LogP contribution < -0.4 is 4.90 Å². The highest BCUT2D eigenvalue weighted by Crippen LogP contribution is 2.30. The molecule has 6 heteroatoms. The van der Waals surface area contributed by atoms with Gasteiger partial charge in [0.15, 0.2) is 0 Å². The van der Waals surface area contributed by atoms with Gasteiger partial charge in [-0.2, -0.15) is 4.37 Å². The van der Waals surface area contributed by atoms with Crippen molar-refractivity contribution < 1.29 is 4.79 Å². The zero-order valence-electron chi connectivity index (χ0n) is 12.7. The average molecular weight is 306 g/mol. The van der Waals surface area contributed by atoms with Crippen molar-refractivity contribution in [3.05, 3.63) is 36.6 Å². The van der Waals surface area contributed by atoms with Crippen molar-refractivity contribution >= 4 is 22.6 Å². The van der Waals surface area contributed by atoms with Crippen molar-refractivity contribution in [2.75, 3.05) is 31.3 Å². The summed E-state index contributed by atoms with van der Waals surface area (Å²) in [4.78, 5) is 18.4. The van der Waals surface area contributed by atoms with Gasteiger partial charge in [-0.1, -0.05) is 19.1 Å². The summed E-state index contributed by atoms with van der Waals surface area (Å²) in [5, 5.41) is 0.944. The molecule has 1 saturated heterocycles. The molecule has 5 nitrogen and oxygen atoms in total. The number of anilines is 1. The van der Waals surface area contributed by atoms with Crippen molar-refractivity contribution in [3.63, 3.8) is 0 Å². The lowest BCUT2D eigenvalue weighted by Gasteiger charge is -2.41. The lowest BCUT2D eigenvalue weighted by atomic mass is 10.2. The van der Waals surface area contributed by atoms with Crippen LogP contribution in [0.1, 0.15) is 18.2 Å². The summed E-state index contributed by atoms with van der Waals surface area (Å²) in [6, 6.07) is 0.0182. The van der Waals surface area contributed by atoms with Gasteiger partial charge in [0.2, 0.25) is 0 Å². The molecule has 2 heterocycles. The van der Waals surface area contributed by atoms with Crippen molar-refractivity contribution in [2.45, 2.75) is 20.3 Å². The van der Waals surface area contributed by atoms with Crippen LogP contribution >= 0.6 is 11.5 Å². The Morgan fingerprint density at radius 2 is 2.00 bits per heavy atom. The quantitative estimate of drug-likeness (QED) is 0.759. The molecule has 114 valence electrons. The number of hydrogen-bond donors (Lipinski definition) is 0. The minimum atomic E-state index is 0.0182. The van der Waals surface area contributed by atoms with Gasteiger partial charge in [-0.15, -0.1) is 13.2 Å². The summed E-state index contributed by atoms with van der Waals surface area (Å²) < 4.78 is 4.46. The number of rotatable bonds is 6. The van der Waals surface area contributed by atoms with Crippen LogP contribution in [0.2, 0.25) is 0 Å². The Morgan fingerprint density at radius 1 is 1.29 bits per heavy atom. The van der Waals surface area contributed by atoms with Crippen LogP contribution in [0.4, 0.5) is 9.80 Å². The molecular weight excluding hydrogens is 284 g/mol. The van der Waals surface area contributed by atoms with Crippen LogP contribution in [-0.4, -0.2) is 46.6 Å². The molecule has 1 aliphatic heterocycles. The minimum absolute atomic E-state index is 0.0182. The first-order valence-electron chi connectivity index (χ1n) is 7.08. The molecule has 1 fully saturated rings. The van der Waals surface area contributed by atoms with Gasteiger partial charge in [0, 0.05) is 18.7 Å². The Labute approximate surface area is 130 Å². The third-order valence-corrected chi connectivity index (χ3v) is 4.54. The first-order valence-corrected chi connectivity index (χ1v) is 7.85. The van der Waals surface area contributed by atoms with Gasteiger partial charge in [0.25, 0.3) is 0 Å². The van der Waals surface area contributed by atoms with Crippen molar-refractivity contribution in [2.24, 2.45) is 0 Å². The highest BCUT2D eigenvalue weighted by Gasteiger charge is 2.32. The summed E-state index contributed by atoms with van der Waals surface area (Å²) in [6.07, 6.45) is 4.50. The first kappa shape index (κ1) is 15.7. The number of aryl methyl sites for hydroxylation is 1. The maximum absolute atomic E-state index is 12.6.